The van der Waals surface area contributed by atoms with Crippen LogP contribution in [0, 0.1) is 0 Å². The van der Waals surface area contributed by atoms with Crippen LogP contribution in [0.1, 0.15) is 36.8 Å². The number of hydrogen-bond donors (Lipinski definition) is 1. The fourth-order valence-electron chi connectivity index (χ4n) is 5.63. The standard InChI is InChI=1S/C35H34BrCl2N3O4S/c36-27-12-9-15-30(21-27)41(46(44,45)31-16-5-2-6-17-31)24-34(42)40(23-26-18-19-28(37)22-32(26)38)33(20-25-10-3-1-4-11-25)35(43)39-29-13-7-8-14-29/h1-6,9-12,15-19,21-22,29,33H,7-8,13-14,20,23-24H2,(H,39,43)/t33-/m1/s1. The van der Waals surface area contributed by atoms with Gasteiger partial charge in [-0.1, -0.05) is 113 Å². The molecule has 0 spiro atoms. The summed E-state index contributed by atoms with van der Waals surface area (Å²) in [6.07, 6.45) is 4.00. The maximum absolute atomic E-state index is 14.6. The maximum Gasteiger partial charge on any atom is 0.264 e. The number of carbonyl (C=O) groups excluding carboxylic acids is 2. The van der Waals surface area contributed by atoms with E-state index in [2.05, 4.69) is 21.2 Å². The molecule has 11 heteroatoms. The SMILES string of the molecule is O=C(NC1CCCC1)[C@@H](Cc1ccccc1)N(Cc1ccc(Cl)cc1Cl)C(=O)CN(c1cccc(Br)c1)S(=O)(=O)c1ccccc1. The Labute approximate surface area is 288 Å². The zero-order valence-corrected chi connectivity index (χ0v) is 28.9. The van der Waals surface area contributed by atoms with Gasteiger partial charge in [0.15, 0.2) is 0 Å². The van der Waals surface area contributed by atoms with Crippen molar-refractivity contribution in [1.82, 2.24) is 10.2 Å². The third-order valence-corrected chi connectivity index (χ3v) is 10.9. The van der Waals surface area contributed by atoms with Crippen LogP contribution < -0.4 is 9.62 Å². The monoisotopic (exact) mass is 741 g/mol. The van der Waals surface area contributed by atoms with Crippen molar-refractivity contribution in [2.45, 2.75) is 55.6 Å². The zero-order valence-electron chi connectivity index (χ0n) is 25.0. The number of benzene rings is 4. The van der Waals surface area contributed by atoms with Crippen LogP contribution in [0.2, 0.25) is 10.0 Å². The highest BCUT2D eigenvalue weighted by atomic mass is 79.9. The van der Waals surface area contributed by atoms with E-state index in [1.165, 1.54) is 17.0 Å². The number of carbonyl (C=O) groups is 2. The second-order valence-electron chi connectivity index (χ2n) is 11.3. The van der Waals surface area contributed by atoms with Gasteiger partial charge in [-0.25, -0.2) is 8.42 Å². The van der Waals surface area contributed by atoms with Crippen LogP contribution in [0.4, 0.5) is 5.69 Å². The fourth-order valence-corrected chi connectivity index (χ4v) is 7.92. The van der Waals surface area contributed by atoms with Crippen molar-refractivity contribution in [3.63, 3.8) is 0 Å². The first-order chi connectivity index (χ1) is 22.1. The summed E-state index contributed by atoms with van der Waals surface area (Å²) >= 11 is 16.2. The minimum Gasteiger partial charge on any atom is -0.352 e. The number of nitrogens with one attached hydrogen (secondary N) is 1. The highest BCUT2D eigenvalue weighted by molar-refractivity contribution is 9.10. The molecule has 1 fully saturated rings. The summed E-state index contributed by atoms with van der Waals surface area (Å²) in [6, 6.07) is 28.2. The number of amides is 2. The molecule has 1 aliphatic rings. The fraction of sp³-hybridized carbons (Fsp3) is 0.257. The molecular formula is C35H34BrCl2N3O4S. The van der Waals surface area contributed by atoms with Crippen molar-refractivity contribution in [2.24, 2.45) is 0 Å². The number of hydrogen-bond acceptors (Lipinski definition) is 4. The van der Waals surface area contributed by atoms with E-state index < -0.39 is 28.5 Å². The molecule has 0 saturated heterocycles. The van der Waals surface area contributed by atoms with Crippen molar-refractivity contribution in [2.75, 3.05) is 10.8 Å². The van der Waals surface area contributed by atoms with Gasteiger partial charge in [-0.3, -0.25) is 13.9 Å². The lowest BCUT2D eigenvalue weighted by Crippen LogP contribution is -2.54. The molecule has 1 N–H and O–H groups in total. The van der Waals surface area contributed by atoms with Gasteiger partial charge in [-0.05, 0) is 66.4 Å². The van der Waals surface area contributed by atoms with E-state index in [0.29, 0.717) is 25.8 Å². The predicted molar refractivity (Wildman–Crippen MR) is 186 cm³/mol. The minimum absolute atomic E-state index is 0.0125. The predicted octanol–water partition coefficient (Wildman–Crippen LogP) is 7.65. The van der Waals surface area contributed by atoms with Crippen molar-refractivity contribution in [1.29, 1.82) is 0 Å². The molecule has 240 valence electrons. The van der Waals surface area contributed by atoms with Crippen molar-refractivity contribution < 1.29 is 18.0 Å². The molecule has 1 atom stereocenters. The van der Waals surface area contributed by atoms with Crippen LogP contribution in [-0.2, 0) is 32.6 Å². The first kappa shape index (κ1) is 34.0. The van der Waals surface area contributed by atoms with Gasteiger partial charge in [-0.2, -0.15) is 0 Å². The summed E-state index contributed by atoms with van der Waals surface area (Å²) in [6.45, 7) is -0.594. The molecule has 1 saturated carbocycles. The van der Waals surface area contributed by atoms with Crippen LogP contribution in [0.5, 0.6) is 0 Å². The summed E-state index contributed by atoms with van der Waals surface area (Å²) in [5, 5.41) is 3.93. The van der Waals surface area contributed by atoms with Crippen LogP contribution in [-0.4, -0.2) is 43.8 Å². The highest BCUT2D eigenvalue weighted by Crippen LogP contribution is 2.29. The second-order valence-corrected chi connectivity index (χ2v) is 14.9. The van der Waals surface area contributed by atoms with Crippen LogP contribution in [0.3, 0.4) is 0 Å². The highest BCUT2D eigenvalue weighted by Gasteiger charge is 2.36. The Morgan fingerprint density at radius 1 is 0.870 bits per heavy atom. The summed E-state index contributed by atoms with van der Waals surface area (Å²) in [7, 11) is -4.19. The molecule has 7 nitrogen and oxygen atoms in total. The lowest BCUT2D eigenvalue weighted by atomic mass is 10.0. The molecule has 4 aromatic carbocycles. The molecular weight excluding hydrogens is 709 g/mol. The van der Waals surface area contributed by atoms with Crippen molar-refractivity contribution >= 4 is 66.7 Å². The summed E-state index contributed by atoms with van der Waals surface area (Å²) in [5.74, 6) is -0.859. The topological polar surface area (TPSA) is 86.8 Å². The summed E-state index contributed by atoms with van der Waals surface area (Å²) in [5.41, 5.74) is 1.73. The Morgan fingerprint density at radius 3 is 2.20 bits per heavy atom. The van der Waals surface area contributed by atoms with Crippen LogP contribution in [0.25, 0.3) is 0 Å². The molecule has 46 heavy (non-hydrogen) atoms. The van der Waals surface area contributed by atoms with E-state index in [4.69, 9.17) is 23.2 Å². The molecule has 5 rings (SSSR count). The Hall–Kier alpha value is -3.37. The van der Waals surface area contributed by atoms with Crippen molar-refractivity contribution in [3.8, 4) is 0 Å². The van der Waals surface area contributed by atoms with Gasteiger partial charge in [0.1, 0.15) is 12.6 Å². The zero-order chi connectivity index (χ0) is 32.7. The van der Waals surface area contributed by atoms with Gasteiger partial charge in [-0.15, -0.1) is 0 Å². The molecule has 4 aromatic rings. The Kier molecular flexibility index (Phi) is 11.4. The van der Waals surface area contributed by atoms with Gasteiger partial charge >= 0.3 is 0 Å². The van der Waals surface area contributed by atoms with E-state index in [1.807, 2.05) is 30.3 Å². The number of rotatable bonds is 12. The quantitative estimate of drug-likeness (QED) is 0.162. The normalized spacial score (nSPS) is 14.1. The first-order valence-electron chi connectivity index (χ1n) is 15.0. The van der Waals surface area contributed by atoms with E-state index in [-0.39, 0.29) is 29.8 Å². The molecule has 0 bridgehead atoms. The smallest absolute Gasteiger partial charge is 0.264 e. The van der Waals surface area contributed by atoms with E-state index >= 15 is 0 Å². The average molecular weight is 744 g/mol. The molecule has 0 radical (unpaired) electrons. The Bertz CT molecular complexity index is 1770. The maximum atomic E-state index is 14.6. The average Bonchev–Trinajstić information content (AvgIpc) is 3.56. The lowest BCUT2D eigenvalue weighted by molar-refractivity contribution is -0.140. The van der Waals surface area contributed by atoms with Gasteiger partial charge in [0.25, 0.3) is 10.0 Å². The van der Waals surface area contributed by atoms with Crippen molar-refractivity contribution in [3.05, 3.63) is 129 Å². The number of halogens is 3. The molecule has 0 heterocycles. The van der Waals surface area contributed by atoms with E-state index in [0.717, 1.165) is 35.6 Å². The largest absolute Gasteiger partial charge is 0.352 e. The van der Waals surface area contributed by atoms with Gasteiger partial charge in [0.2, 0.25) is 11.8 Å². The number of anilines is 1. The minimum atomic E-state index is -4.19. The molecule has 0 aromatic heterocycles. The number of sulfonamides is 1. The summed E-state index contributed by atoms with van der Waals surface area (Å²) < 4.78 is 29.9. The lowest BCUT2D eigenvalue weighted by Gasteiger charge is -2.34. The van der Waals surface area contributed by atoms with Gasteiger partial charge in [0, 0.05) is 33.5 Å². The Balaban J connectivity index is 1.58. The first-order valence-corrected chi connectivity index (χ1v) is 18.0. The van der Waals surface area contributed by atoms with Gasteiger partial charge < -0.3 is 10.2 Å². The Morgan fingerprint density at radius 2 is 1.54 bits per heavy atom. The van der Waals surface area contributed by atoms with E-state index in [1.54, 1.807) is 60.7 Å². The molecule has 0 aliphatic heterocycles. The molecule has 1 aliphatic carbocycles. The number of nitrogens with zero attached hydrogens (tertiary/aromatic N) is 2. The van der Waals surface area contributed by atoms with E-state index in [9.17, 15) is 18.0 Å². The summed E-state index contributed by atoms with van der Waals surface area (Å²) in [4.78, 5) is 30.2. The molecule has 2 amide bonds. The van der Waals surface area contributed by atoms with Gasteiger partial charge in [0.05, 0.1) is 10.6 Å². The second kappa shape index (κ2) is 15.5. The molecule has 0 unspecified atom stereocenters. The third kappa shape index (κ3) is 8.50. The van der Waals surface area contributed by atoms with Crippen LogP contribution >= 0.6 is 39.1 Å². The third-order valence-electron chi connectivity index (χ3n) is 8.03. The van der Waals surface area contributed by atoms with Crippen LogP contribution in [0.15, 0.2) is 112 Å².